The fraction of sp³-hybridized carbons (Fsp3) is 0.105. The van der Waals surface area contributed by atoms with Gasteiger partial charge < -0.3 is 14.2 Å². The molecular weight excluding hydrogens is 348 g/mol. The van der Waals surface area contributed by atoms with Crippen molar-refractivity contribution in [2.45, 2.75) is 13.0 Å². The summed E-state index contributed by atoms with van der Waals surface area (Å²) in [7, 11) is 0. The lowest BCUT2D eigenvalue weighted by atomic mass is 10.3. The first-order valence-corrected chi connectivity index (χ1v) is 7.96. The molecule has 134 valence electrons. The monoisotopic (exact) mass is 362 g/mol. The zero-order valence-electron chi connectivity index (χ0n) is 14.1. The van der Waals surface area contributed by atoms with Crippen LogP contribution >= 0.6 is 0 Å². The highest BCUT2D eigenvalue weighted by molar-refractivity contribution is 5.71. The maximum Gasteiger partial charge on any atom is 0.328 e. The van der Waals surface area contributed by atoms with E-state index in [2.05, 4.69) is 15.0 Å². The van der Waals surface area contributed by atoms with Gasteiger partial charge in [-0.25, -0.2) is 0 Å². The van der Waals surface area contributed by atoms with Gasteiger partial charge in [0.05, 0.1) is 6.07 Å². The fourth-order valence-electron chi connectivity index (χ4n) is 1.98. The summed E-state index contributed by atoms with van der Waals surface area (Å²) in [5.41, 5.74) is 0. The Morgan fingerprint density at radius 3 is 1.85 bits per heavy atom. The van der Waals surface area contributed by atoms with Gasteiger partial charge in [-0.3, -0.25) is 4.79 Å². The van der Waals surface area contributed by atoms with Gasteiger partial charge in [-0.15, -0.1) is 4.98 Å². The molecule has 0 saturated carbocycles. The van der Waals surface area contributed by atoms with E-state index in [1.54, 1.807) is 30.3 Å². The van der Waals surface area contributed by atoms with Gasteiger partial charge in [-0.05, 0) is 24.3 Å². The number of esters is 1. The zero-order chi connectivity index (χ0) is 18.9. The molecule has 27 heavy (non-hydrogen) atoms. The molecule has 8 heteroatoms. The summed E-state index contributed by atoms with van der Waals surface area (Å²) in [4.78, 5) is 23.8. The molecule has 8 nitrogen and oxygen atoms in total. The van der Waals surface area contributed by atoms with E-state index < -0.39 is 5.97 Å². The molecule has 0 radical (unpaired) electrons. The lowest BCUT2D eigenvalue weighted by Crippen LogP contribution is -2.08. The third-order valence-electron chi connectivity index (χ3n) is 3.13. The normalized spacial score (nSPS) is 9.89. The maximum absolute atomic E-state index is 11.4. The van der Waals surface area contributed by atoms with Crippen molar-refractivity contribution in [3.63, 3.8) is 0 Å². The fourth-order valence-corrected chi connectivity index (χ4v) is 1.98. The van der Waals surface area contributed by atoms with Crippen LogP contribution in [0.5, 0.6) is 23.5 Å². The number of benzene rings is 2. The minimum Gasteiger partial charge on any atom is -0.457 e. The van der Waals surface area contributed by atoms with E-state index in [4.69, 9.17) is 19.5 Å². The van der Waals surface area contributed by atoms with E-state index in [0.717, 1.165) is 0 Å². The number of aromatic nitrogens is 3. The Morgan fingerprint density at radius 2 is 1.37 bits per heavy atom. The average molecular weight is 362 g/mol. The van der Waals surface area contributed by atoms with Crippen LogP contribution < -0.4 is 9.47 Å². The van der Waals surface area contributed by atoms with Crippen LogP contribution in [0, 0.1) is 11.3 Å². The van der Waals surface area contributed by atoms with Crippen molar-refractivity contribution >= 4 is 5.97 Å². The van der Waals surface area contributed by atoms with E-state index in [9.17, 15) is 4.79 Å². The molecular formula is C19H14N4O4. The average Bonchev–Trinajstić information content (AvgIpc) is 2.68. The Balaban J connectivity index is 1.82. The Morgan fingerprint density at radius 1 is 0.852 bits per heavy atom. The molecule has 0 aliphatic rings. The Kier molecular flexibility index (Phi) is 5.89. The molecule has 1 aromatic heterocycles. The highest BCUT2D eigenvalue weighted by Gasteiger charge is 2.12. The summed E-state index contributed by atoms with van der Waals surface area (Å²) in [6, 6.07) is 19.6. The van der Waals surface area contributed by atoms with Crippen LogP contribution in [0.1, 0.15) is 12.2 Å². The highest BCUT2D eigenvalue weighted by Crippen LogP contribution is 2.22. The van der Waals surface area contributed by atoms with Crippen molar-refractivity contribution in [2.75, 3.05) is 0 Å². The van der Waals surface area contributed by atoms with Crippen molar-refractivity contribution in [1.29, 1.82) is 5.26 Å². The van der Waals surface area contributed by atoms with Crippen LogP contribution in [0.2, 0.25) is 0 Å². The summed E-state index contributed by atoms with van der Waals surface area (Å²) < 4.78 is 16.2. The predicted molar refractivity (Wildman–Crippen MR) is 92.9 cm³/mol. The standard InChI is InChI=1S/C19H14N4O4/c20-12-11-17(24)25-13-16-21-18(26-14-7-3-1-4-8-14)23-19(22-16)27-15-9-5-2-6-10-15/h1-10H,11,13H2. The number of nitriles is 1. The summed E-state index contributed by atoms with van der Waals surface area (Å²) in [5.74, 6) is 0.519. The van der Waals surface area contributed by atoms with E-state index in [-0.39, 0.29) is 30.9 Å². The third kappa shape index (κ3) is 5.51. The molecule has 1 heterocycles. The van der Waals surface area contributed by atoms with Crippen molar-refractivity contribution in [3.05, 3.63) is 66.5 Å². The number of ether oxygens (including phenoxy) is 3. The van der Waals surface area contributed by atoms with Crippen molar-refractivity contribution < 1.29 is 19.0 Å². The molecule has 0 unspecified atom stereocenters. The molecule has 0 N–H and O–H groups in total. The number of rotatable bonds is 7. The van der Waals surface area contributed by atoms with Crippen molar-refractivity contribution in [2.24, 2.45) is 0 Å². The zero-order valence-corrected chi connectivity index (χ0v) is 14.1. The van der Waals surface area contributed by atoms with Gasteiger partial charge in [0.25, 0.3) is 0 Å². The largest absolute Gasteiger partial charge is 0.457 e. The molecule has 0 aliphatic carbocycles. The lowest BCUT2D eigenvalue weighted by molar-refractivity contribution is -0.144. The van der Waals surface area contributed by atoms with E-state index in [0.29, 0.717) is 11.5 Å². The van der Waals surface area contributed by atoms with Gasteiger partial charge in [0.1, 0.15) is 17.9 Å². The number of carbonyl (C=O) groups excluding carboxylic acids is 1. The summed E-state index contributed by atoms with van der Waals surface area (Å²) in [5, 5.41) is 8.52. The molecule has 0 aliphatic heterocycles. The first-order chi connectivity index (χ1) is 13.2. The van der Waals surface area contributed by atoms with E-state index >= 15 is 0 Å². The minimum atomic E-state index is -0.672. The van der Waals surface area contributed by atoms with Crippen LogP contribution in [-0.4, -0.2) is 20.9 Å². The first kappa shape index (κ1) is 17.8. The summed E-state index contributed by atoms with van der Waals surface area (Å²) >= 11 is 0. The van der Waals surface area contributed by atoms with Crippen molar-refractivity contribution in [3.8, 4) is 29.6 Å². The minimum absolute atomic E-state index is 0.00605. The lowest BCUT2D eigenvalue weighted by Gasteiger charge is -2.09. The summed E-state index contributed by atoms with van der Waals surface area (Å²) in [6.45, 7) is -0.237. The quantitative estimate of drug-likeness (QED) is 0.588. The number of nitrogens with zero attached hydrogens (tertiary/aromatic N) is 4. The highest BCUT2D eigenvalue weighted by atomic mass is 16.5. The molecule has 0 saturated heterocycles. The summed E-state index contributed by atoms with van der Waals surface area (Å²) in [6.07, 6.45) is -0.355. The van der Waals surface area contributed by atoms with Crippen molar-refractivity contribution in [1.82, 2.24) is 15.0 Å². The predicted octanol–water partition coefficient (Wildman–Crippen LogP) is 3.41. The number of hydrogen-bond acceptors (Lipinski definition) is 8. The van der Waals surface area contributed by atoms with Crippen LogP contribution in [0.15, 0.2) is 60.7 Å². The molecule has 3 rings (SSSR count). The second kappa shape index (κ2) is 8.92. The third-order valence-corrected chi connectivity index (χ3v) is 3.13. The van der Waals surface area contributed by atoms with Gasteiger partial charge in [0.15, 0.2) is 12.4 Å². The van der Waals surface area contributed by atoms with Gasteiger partial charge >= 0.3 is 18.0 Å². The molecule has 0 bridgehead atoms. The van der Waals surface area contributed by atoms with Gasteiger partial charge in [0, 0.05) is 0 Å². The van der Waals surface area contributed by atoms with Crippen LogP contribution in [0.3, 0.4) is 0 Å². The molecule has 0 atom stereocenters. The van der Waals surface area contributed by atoms with E-state index in [1.807, 2.05) is 36.4 Å². The van der Waals surface area contributed by atoms with Gasteiger partial charge in [0.2, 0.25) is 0 Å². The van der Waals surface area contributed by atoms with Gasteiger partial charge in [-0.2, -0.15) is 15.2 Å². The smallest absolute Gasteiger partial charge is 0.328 e. The maximum atomic E-state index is 11.4. The Bertz CT molecular complexity index is 883. The van der Waals surface area contributed by atoms with Crippen LogP contribution in [-0.2, 0) is 16.1 Å². The second-order valence-corrected chi connectivity index (χ2v) is 5.14. The molecule has 0 spiro atoms. The Labute approximate surface area is 155 Å². The second-order valence-electron chi connectivity index (χ2n) is 5.14. The number of carbonyl (C=O) groups is 1. The Hall–Kier alpha value is -3.99. The number of hydrogen-bond donors (Lipinski definition) is 0. The molecule has 2 aromatic carbocycles. The molecule has 3 aromatic rings. The van der Waals surface area contributed by atoms with E-state index in [1.165, 1.54) is 0 Å². The topological polar surface area (TPSA) is 107 Å². The van der Waals surface area contributed by atoms with Crippen LogP contribution in [0.25, 0.3) is 0 Å². The van der Waals surface area contributed by atoms with Gasteiger partial charge in [-0.1, -0.05) is 36.4 Å². The molecule has 0 fully saturated rings. The molecule has 0 amide bonds. The first-order valence-electron chi connectivity index (χ1n) is 7.96. The van der Waals surface area contributed by atoms with Crippen LogP contribution in [0.4, 0.5) is 0 Å². The SMILES string of the molecule is N#CCC(=O)OCc1nc(Oc2ccccc2)nc(Oc2ccccc2)n1. The number of para-hydroxylation sites is 2.